The molecule has 0 bridgehead atoms. The van der Waals surface area contributed by atoms with Gasteiger partial charge < -0.3 is 14.4 Å². The van der Waals surface area contributed by atoms with Gasteiger partial charge in [-0.05, 0) is 56.5 Å². The summed E-state index contributed by atoms with van der Waals surface area (Å²) >= 11 is 3.56. The van der Waals surface area contributed by atoms with Crippen LogP contribution in [-0.4, -0.2) is 30.2 Å². The summed E-state index contributed by atoms with van der Waals surface area (Å²) in [6, 6.07) is 15.9. The van der Waals surface area contributed by atoms with Gasteiger partial charge in [0.05, 0.1) is 13.7 Å². The Bertz CT molecular complexity index is 726. The van der Waals surface area contributed by atoms with E-state index in [-0.39, 0.29) is 6.09 Å². The van der Waals surface area contributed by atoms with Crippen molar-refractivity contribution in [3.05, 3.63) is 64.1 Å². The van der Waals surface area contributed by atoms with Crippen molar-refractivity contribution >= 4 is 22.0 Å². The van der Waals surface area contributed by atoms with Crippen LogP contribution in [0.3, 0.4) is 0 Å². The highest BCUT2D eigenvalue weighted by atomic mass is 79.9. The predicted molar refractivity (Wildman–Crippen MR) is 107 cm³/mol. The van der Waals surface area contributed by atoms with Crippen molar-refractivity contribution in [3.8, 4) is 5.75 Å². The van der Waals surface area contributed by atoms with Crippen LogP contribution in [0.5, 0.6) is 5.75 Å². The van der Waals surface area contributed by atoms with E-state index < -0.39 is 5.60 Å². The minimum absolute atomic E-state index is 0.317. The van der Waals surface area contributed by atoms with E-state index in [0.29, 0.717) is 13.1 Å². The molecule has 0 radical (unpaired) electrons. The molecular weight excluding hydrogens is 394 g/mol. The van der Waals surface area contributed by atoms with Crippen LogP contribution in [0.25, 0.3) is 0 Å². The molecule has 2 rings (SSSR count). The summed E-state index contributed by atoms with van der Waals surface area (Å²) in [6.45, 7) is 6.65. The van der Waals surface area contributed by atoms with Gasteiger partial charge in [0.1, 0.15) is 11.4 Å². The number of hydrogen-bond donors (Lipinski definition) is 0. The van der Waals surface area contributed by atoms with Crippen LogP contribution in [0.15, 0.2) is 53.0 Å². The first-order valence-electron chi connectivity index (χ1n) is 8.63. The first kappa shape index (κ1) is 20.3. The Labute approximate surface area is 164 Å². The van der Waals surface area contributed by atoms with E-state index in [1.165, 1.54) is 5.56 Å². The zero-order valence-corrected chi connectivity index (χ0v) is 17.4. The van der Waals surface area contributed by atoms with E-state index in [2.05, 4.69) is 28.1 Å². The zero-order chi connectivity index (χ0) is 19.2. The second-order valence-electron chi connectivity index (χ2n) is 7.09. The van der Waals surface area contributed by atoms with Gasteiger partial charge in [-0.15, -0.1) is 0 Å². The van der Waals surface area contributed by atoms with Crippen molar-refractivity contribution < 1.29 is 14.3 Å². The fourth-order valence-electron chi connectivity index (χ4n) is 2.47. The largest absolute Gasteiger partial charge is 0.497 e. The standard InChI is InChI=1S/C21H26BrNO3/c1-21(2,3)26-20(24)23(13-12-16-8-6-5-7-9-16)15-17-14-18(25-4)10-11-19(17)22/h5-11,14H,12-13,15H2,1-4H3. The molecule has 0 aliphatic carbocycles. The molecule has 4 nitrogen and oxygen atoms in total. The molecule has 0 aromatic heterocycles. The average Bonchev–Trinajstić information content (AvgIpc) is 2.59. The summed E-state index contributed by atoms with van der Waals surface area (Å²) in [5.74, 6) is 0.760. The Kier molecular flexibility index (Phi) is 7.09. The summed E-state index contributed by atoms with van der Waals surface area (Å²) in [5, 5.41) is 0. The van der Waals surface area contributed by atoms with Gasteiger partial charge in [-0.3, -0.25) is 0 Å². The molecule has 0 saturated carbocycles. The normalized spacial score (nSPS) is 11.1. The van der Waals surface area contributed by atoms with Gasteiger partial charge in [0.25, 0.3) is 0 Å². The van der Waals surface area contributed by atoms with Crippen molar-refractivity contribution in [2.24, 2.45) is 0 Å². The number of amides is 1. The molecule has 0 spiro atoms. The van der Waals surface area contributed by atoms with Crippen molar-refractivity contribution in [2.45, 2.75) is 39.3 Å². The molecule has 0 N–H and O–H groups in total. The summed E-state index contributed by atoms with van der Waals surface area (Å²) in [4.78, 5) is 14.4. The third-order valence-corrected chi connectivity index (χ3v) is 4.55. The third kappa shape index (κ3) is 6.37. The molecule has 0 heterocycles. The van der Waals surface area contributed by atoms with Crippen molar-refractivity contribution in [1.82, 2.24) is 4.90 Å². The molecule has 0 aliphatic heterocycles. The minimum atomic E-state index is -0.534. The molecule has 5 heteroatoms. The molecule has 26 heavy (non-hydrogen) atoms. The number of methoxy groups -OCH3 is 1. The fraction of sp³-hybridized carbons (Fsp3) is 0.381. The Morgan fingerprint density at radius 2 is 1.81 bits per heavy atom. The molecule has 2 aromatic rings. The number of rotatable bonds is 6. The van der Waals surface area contributed by atoms with E-state index in [1.54, 1.807) is 12.0 Å². The number of carbonyl (C=O) groups excluding carboxylic acids is 1. The van der Waals surface area contributed by atoms with Crippen molar-refractivity contribution in [1.29, 1.82) is 0 Å². The van der Waals surface area contributed by atoms with E-state index in [0.717, 1.165) is 22.2 Å². The topological polar surface area (TPSA) is 38.8 Å². The maximum Gasteiger partial charge on any atom is 0.410 e. The first-order chi connectivity index (χ1) is 12.3. The Balaban J connectivity index is 2.18. The van der Waals surface area contributed by atoms with Gasteiger partial charge in [-0.1, -0.05) is 46.3 Å². The SMILES string of the molecule is COc1ccc(Br)c(CN(CCc2ccccc2)C(=O)OC(C)(C)C)c1. The van der Waals surface area contributed by atoms with Crippen molar-refractivity contribution in [3.63, 3.8) is 0 Å². The molecule has 1 amide bonds. The third-order valence-electron chi connectivity index (χ3n) is 3.78. The predicted octanol–water partition coefficient (Wildman–Crippen LogP) is 5.44. The van der Waals surface area contributed by atoms with Gasteiger partial charge in [0.2, 0.25) is 0 Å². The second-order valence-corrected chi connectivity index (χ2v) is 7.95. The fourth-order valence-corrected chi connectivity index (χ4v) is 2.85. The Hall–Kier alpha value is -2.01. The van der Waals surface area contributed by atoms with Crippen LogP contribution in [0.2, 0.25) is 0 Å². The maximum absolute atomic E-state index is 12.7. The molecule has 0 aliphatic rings. The lowest BCUT2D eigenvalue weighted by Crippen LogP contribution is -2.37. The number of carbonyl (C=O) groups is 1. The van der Waals surface area contributed by atoms with Gasteiger partial charge in [0, 0.05) is 11.0 Å². The van der Waals surface area contributed by atoms with Crippen LogP contribution in [0.4, 0.5) is 4.79 Å². The molecule has 2 aromatic carbocycles. The minimum Gasteiger partial charge on any atom is -0.497 e. The molecule has 0 unspecified atom stereocenters. The first-order valence-corrected chi connectivity index (χ1v) is 9.42. The molecule has 140 valence electrons. The molecular formula is C21H26BrNO3. The molecule has 0 fully saturated rings. The lowest BCUT2D eigenvalue weighted by Gasteiger charge is -2.28. The number of ether oxygens (including phenoxy) is 2. The monoisotopic (exact) mass is 419 g/mol. The summed E-state index contributed by atoms with van der Waals surface area (Å²) in [5.41, 5.74) is 1.63. The van der Waals surface area contributed by atoms with Crippen LogP contribution in [-0.2, 0) is 17.7 Å². The average molecular weight is 420 g/mol. The number of hydrogen-bond acceptors (Lipinski definition) is 3. The van der Waals surface area contributed by atoms with Crippen LogP contribution >= 0.6 is 15.9 Å². The molecule has 0 atom stereocenters. The summed E-state index contributed by atoms with van der Waals surface area (Å²) < 4.78 is 11.8. The highest BCUT2D eigenvalue weighted by Gasteiger charge is 2.23. The van der Waals surface area contributed by atoms with E-state index >= 15 is 0 Å². The highest BCUT2D eigenvalue weighted by Crippen LogP contribution is 2.24. The summed E-state index contributed by atoms with van der Waals surface area (Å²) in [6.07, 6.45) is 0.449. The lowest BCUT2D eigenvalue weighted by atomic mass is 10.1. The highest BCUT2D eigenvalue weighted by molar-refractivity contribution is 9.10. The maximum atomic E-state index is 12.7. The van der Waals surface area contributed by atoms with Crippen molar-refractivity contribution in [2.75, 3.05) is 13.7 Å². The van der Waals surface area contributed by atoms with Gasteiger partial charge >= 0.3 is 6.09 Å². The zero-order valence-electron chi connectivity index (χ0n) is 15.8. The van der Waals surface area contributed by atoms with E-state index in [1.807, 2.05) is 57.2 Å². The van der Waals surface area contributed by atoms with Crippen LogP contribution < -0.4 is 4.74 Å². The lowest BCUT2D eigenvalue weighted by molar-refractivity contribution is 0.0235. The smallest absolute Gasteiger partial charge is 0.410 e. The number of halogens is 1. The van der Waals surface area contributed by atoms with Crippen LogP contribution in [0, 0.1) is 0 Å². The van der Waals surface area contributed by atoms with Gasteiger partial charge in [-0.25, -0.2) is 4.79 Å². The van der Waals surface area contributed by atoms with Crippen LogP contribution in [0.1, 0.15) is 31.9 Å². The van der Waals surface area contributed by atoms with Gasteiger partial charge in [0.15, 0.2) is 0 Å². The van der Waals surface area contributed by atoms with E-state index in [9.17, 15) is 4.79 Å². The summed E-state index contributed by atoms with van der Waals surface area (Å²) in [7, 11) is 1.63. The Morgan fingerprint density at radius 3 is 2.42 bits per heavy atom. The second kappa shape index (κ2) is 9.08. The van der Waals surface area contributed by atoms with Gasteiger partial charge in [-0.2, -0.15) is 0 Å². The quantitative estimate of drug-likeness (QED) is 0.625. The Morgan fingerprint density at radius 1 is 1.12 bits per heavy atom. The molecule has 0 saturated heterocycles. The van der Waals surface area contributed by atoms with E-state index in [4.69, 9.17) is 9.47 Å². The number of benzene rings is 2. The number of nitrogens with zero attached hydrogens (tertiary/aromatic N) is 1.